The maximum Gasteiger partial charge on any atom is 0.442 e. The normalized spacial score (nSPS) is 17.7. The first-order valence-corrected chi connectivity index (χ1v) is 6.77. The van der Waals surface area contributed by atoms with E-state index in [0.29, 0.717) is 25.9 Å². The second-order valence-electron chi connectivity index (χ2n) is 4.22. The van der Waals surface area contributed by atoms with Crippen molar-refractivity contribution in [2.24, 2.45) is 0 Å². The van der Waals surface area contributed by atoms with Crippen molar-refractivity contribution >= 4 is 17.7 Å². The number of likely N-dealkylation sites (tertiary alicyclic amines) is 1. The van der Waals surface area contributed by atoms with Crippen LogP contribution < -0.4 is 0 Å². The third kappa shape index (κ3) is 4.12. The second-order valence-corrected chi connectivity index (χ2v) is 5.26. The molecule has 0 saturated carbocycles. The third-order valence-electron chi connectivity index (χ3n) is 2.99. The van der Waals surface area contributed by atoms with Crippen molar-refractivity contribution in [3.63, 3.8) is 0 Å². The highest BCUT2D eigenvalue weighted by atomic mass is 32.2. The smallest absolute Gasteiger partial charge is 0.342 e. The average Bonchev–Trinajstić information content (AvgIpc) is 2.89. The number of thioether (sulfide) groups is 1. The Morgan fingerprint density at radius 3 is 2.58 bits per heavy atom. The Hall–Kier alpha value is -1.25. The Morgan fingerprint density at radius 1 is 1.37 bits per heavy atom. The van der Waals surface area contributed by atoms with E-state index in [9.17, 15) is 18.0 Å². The number of rotatable bonds is 3. The van der Waals surface area contributed by atoms with Gasteiger partial charge in [0, 0.05) is 13.1 Å². The van der Waals surface area contributed by atoms with Crippen molar-refractivity contribution in [2.45, 2.75) is 24.4 Å². The van der Waals surface area contributed by atoms with E-state index in [0.717, 1.165) is 0 Å². The van der Waals surface area contributed by atoms with Gasteiger partial charge in [-0.3, -0.25) is 4.79 Å². The molecule has 106 valence electrons. The van der Waals surface area contributed by atoms with Crippen LogP contribution in [0.15, 0.2) is 12.7 Å². The summed E-state index contributed by atoms with van der Waals surface area (Å²) in [6.07, 6.45) is 4.43. The van der Waals surface area contributed by atoms with Gasteiger partial charge >= 0.3 is 5.51 Å². The number of carbonyl (C=O) groups is 1. The quantitative estimate of drug-likeness (QED) is 0.851. The summed E-state index contributed by atoms with van der Waals surface area (Å²) in [6, 6.07) is 0.168. The fourth-order valence-electron chi connectivity index (χ4n) is 2.02. The minimum absolute atomic E-state index is 0.168. The lowest BCUT2D eigenvalue weighted by Gasteiger charge is -2.31. The molecule has 0 atom stereocenters. The molecule has 1 aliphatic rings. The monoisotopic (exact) mass is 294 g/mol. The Labute approximate surface area is 112 Å². The van der Waals surface area contributed by atoms with Crippen LogP contribution in [-0.4, -0.2) is 49.9 Å². The van der Waals surface area contributed by atoms with E-state index in [2.05, 4.69) is 10.1 Å². The molecule has 0 aliphatic carbocycles. The highest BCUT2D eigenvalue weighted by Gasteiger charge is 2.31. The third-order valence-corrected chi connectivity index (χ3v) is 3.71. The molecule has 0 unspecified atom stereocenters. The molecule has 2 rings (SSSR count). The molecule has 5 nitrogen and oxygen atoms in total. The van der Waals surface area contributed by atoms with Crippen LogP contribution in [0, 0.1) is 0 Å². The number of piperidine rings is 1. The Bertz CT molecular complexity index is 415. The molecule has 0 bridgehead atoms. The number of hydrogen-bond donors (Lipinski definition) is 0. The molecule has 1 fully saturated rings. The first kappa shape index (κ1) is 14.2. The Kier molecular flexibility index (Phi) is 4.33. The molecule has 1 aliphatic heterocycles. The van der Waals surface area contributed by atoms with Crippen LogP contribution in [0.5, 0.6) is 0 Å². The average molecular weight is 294 g/mol. The van der Waals surface area contributed by atoms with E-state index in [1.807, 2.05) is 0 Å². The number of amides is 1. The first-order valence-electron chi connectivity index (χ1n) is 5.78. The van der Waals surface area contributed by atoms with Crippen molar-refractivity contribution in [1.29, 1.82) is 0 Å². The van der Waals surface area contributed by atoms with E-state index in [1.165, 1.54) is 11.2 Å². The van der Waals surface area contributed by atoms with Crippen molar-refractivity contribution in [3.05, 3.63) is 12.7 Å². The van der Waals surface area contributed by atoms with Gasteiger partial charge in [-0.05, 0) is 24.6 Å². The summed E-state index contributed by atoms with van der Waals surface area (Å²) in [6.45, 7) is 0.920. The zero-order valence-electron chi connectivity index (χ0n) is 10.0. The fraction of sp³-hybridized carbons (Fsp3) is 0.700. The maximum absolute atomic E-state index is 12.0. The summed E-state index contributed by atoms with van der Waals surface area (Å²) in [5.41, 5.74) is -4.35. The number of carbonyl (C=O) groups excluding carboxylic acids is 1. The molecule has 0 N–H and O–H groups in total. The number of nitrogens with zero attached hydrogens (tertiary/aromatic N) is 4. The lowest BCUT2D eigenvalue weighted by molar-refractivity contribution is -0.129. The SMILES string of the molecule is O=C(CSC(F)(F)F)N1CCC(n2cncn2)CC1. The van der Waals surface area contributed by atoms with E-state index in [1.54, 1.807) is 11.0 Å². The fourth-order valence-corrected chi connectivity index (χ4v) is 2.49. The maximum atomic E-state index is 12.0. The lowest BCUT2D eigenvalue weighted by atomic mass is 10.1. The summed E-state index contributed by atoms with van der Waals surface area (Å²) in [5, 5.41) is 4.03. The van der Waals surface area contributed by atoms with Gasteiger partial charge in [0.2, 0.25) is 5.91 Å². The summed E-state index contributed by atoms with van der Waals surface area (Å²) in [5.74, 6) is -1.00. The minimum Gasteiger partial charge on any atom is -0.342 e. The largest absolute Gasteiger partial charge is 0.442 e. The number of hydrogen-bond acceptors (Lipinski definition) is 4. The molecule has 1 aromatic rings. The topological polar surface area (TPSA) is 51.0 Å². The summed E-state index contributed by atoms with van der Waals surface area (Å²) in [4.78, 5) is 16.9. The van der Waals surface area contributed by atoms with Gasteiger partial charge in [-0.1, -0.05) is 0 Å². The van der Waals surface area contributed by atoms with Gasteiger partial charge < -0.3 is 4.90 Å². The molecule has 1 amide bonds. The molecule has 0 radical (unpaired) electrons. The number of halogens is 3. The van der Waals surface area contributed by atoms with Crippen LogP contribution >= 0.6 is 11.8 Å². The zero-order chi connectivity index (χ0) is 13.9. The number of aromatic nitrogens is 3. The van der Waals surface area contributed by atoms with Gasteiger partial charge in [0.05, 0.1) is 11.8 Å². The number of alkyl halides is 3. The Balaban J connectivity index is 1.78. The van der Waals surface area contributed by atoms with Crippen molar-refractivity contribution in [2.75, 3.05) is 18.8 Å². The summed E-state index contributed by atoms with van der Waals surface area (Å²) < 4.78 is 37.7. The highest BCUT2D eigenvalue weighted by molar-refractivity contribution is 8.00. The van der Waals surface area contributed by atoms with Gasteiger partial charge in [0.15, 0.2) is 0 Å². The molecule has 1 saturated heterocycles. The summed E-state index contributed by atoms with van der Waals surface area (Å²) >= 11 is -0.285. The highest BCUT2D eigenvalue weighted by Crippen LogP contribution is 2.30. The van der Waals surface area contributed by atoms with Crippen molar-refractivity contribution < 1.29 is 18.0 Å². The molecule has 9 heteroatoms. The second kappa shape index (κ2) is 5.81. The minimum atomic E-state index is -4.35. The van der Waals surface area contributed by atoms with Gasteiger partial charge in [0.25, 0.3) is 0 Å². The molecule has 19 heavy (non-hydrogen) atoms. The van der Waals surface area contributed by atoms with E-state index < -0.39 is 17.2 Å². The van der Waals surface area contributed by atoms with Crippen LogP contribution in [0.4, 0.5) is 13.2 Å². The van der Waals surface area contributed by atoms with Crippen molar-refractivity contribution in [1.82, 2.24) is 19.7 Å². The Morgan fingerprint density at radius 2 is 2.05 bits per heavy atom. The predicted octanol–water partition coefficient (Wildman–Crippen LogP) is 1.69. The molecule has 1 aromatic heterocycles. The predicted molar refractivity (Wildman–Crippen MR) is 63.4 cm³/mol. The lowest BCUT2D eigenvalue weighted by Crippen LogP contribution is -2.40. The van der Waals surface area contributed by atoms with Crippen LogP contribution in [0.3, 0.4) is 0 Å². The zero-order valence-corrected chi connectivity index (χ0v) is 10.8. The van der Waals surface area contributed by atoms with Crippen LogP contribution in [0.25, 0.3) is 0 Å². The van der Waals surface area contributed by atoms with E-state index in [4.69, 9.17) is 0 Å². The molecule has 0 spiro atoms. The van der Waals surface area contributed by atoms with E-state index in [-0.39, 0.29) is 17.8 Å². The standard InChI is InChI=1S/C10H13F3N4OS/c11-10(12,13)19-5-9(18)16-3-1-8(2-4-16)17-7-14-6-15-17/h6-8H,1-5H2. The molecular weight excluding hydrogens is 281 g/mol. The molecule has 0 aromatic carbocycles. The van der Waals surface area contributed by atoms with Crippen molar-refractivity contribution in [3.8, 4) is 0 Å². The molecular formula is C10H13F3N4OS. The van der Waals surface area contributed by atoms with Gasteiger partial charge in [-0.15, -0.1) is 0 Å². The van der Waals surface area contributed by atoms with Crippen LogP contribution in [0.1, 0.15) is 18.9 Å². The van der Waals surface area contributed by atoms with Crippen LogP contribution in [-0.2, 0) is 4.79 Å². The van der Waals surface area contributed by atoms with Gasteiger partial charge in [-0.2, -0.15) is 18.3 Å². The first-order chi connectivity index (χ1) is 8.96. The van der Waals surface area contributed by atoms with Gasteiger partial charge in [-0.25, -0.2) is 9.67 Å². The van der Waals surface area contributed by atoms with Gasteiger partial charge in [0.1, 0.15) is 12.7 Å². The molecule has 2 heterocycles. The van der Waals surface area contributed by atoms with Crippen LogP contribution in [0.2, 0.25) is 0 Å². The van der Waals surface area contributed by atoms with E-state index >= 15 is 0 Å². The summed E-state index contributed by atoms with van der Waals surface area (Å²) in [7, 11) is 0.